The van der Waals surface area contributed by atoms with Crippen LogP contribution in [-0.2, 0) is 4.74 Å². The van der Waals surface area contributed by atoms with E-state index in [9.17, 15) is 5.11 Å². The summed E-state index contributed by atoms with van der Waals surface area (Å²) in [6, 6.07) is 10.1. The Hall–Kier alpha value is -0.860. The minimum atomic E-state index is -0.296. The second-order valence-electron chi connectivity index (χ2n) is 4.17. The smallest absolute Gasteiger partial charge is 0.0855 e. The van der Waals surface area contributed by atoms with Crippen molar-refractivity contribution < 1.29 is 9.84 Å². The highest BCUT2D eigenvalue weighted by molar-refractivity contribution is 5.18. The maximum Gasteiger partial charge on any atom is 0.0855 e. The Bertz CT molecular complexity index is 297. The summed E-state index contributed by atoms with van der Waals surface area (Å²) in [5.41, 5.74) is 1.18. The van der Waals surface area contributed by atoms with Crippen LogP contribution in [0.2, 0.25) is 0 Å². The van der Waals surface area contributed by atoms with Crippen molar-refractivity contribution in [1.29, 1.82) is 0 Å². The SMILES string of the molecule is CCC[C@H]1O[C@@H](c2ccccc2)C[C@H]1O. The first-order chi connectivity index (χ1) is 7.31. The van der Waals surface area contributed by atoms with Crippen LogP contribution in [0.3, 0.4) is 0 Å². The van der Waals surface area contributed by atoms with Gasteiger partial charge in [0.1, 0.15) is 0 Å². The van der Waals surface area contributed by atoms with Crippen LogP contribution in [0.25, 0.3) is 0 Å². The highest BCUT2D eigenvalue weighted by Gasteiger charge is 2.33. The quantitative estimate of drug-likeness (QED) is 0.824. The number of aliphatic hydroxyl groups excluding tert-OH is 1. The first-order valence-corrected chi connectivity index (χ1v) is 5.69. The molecule has 0 aliphatic carbocycles. The molecule has 1 heterocycles. The number of benzene rings is 1. The highest BCUT2D eigenvalue weighted by Crippen LogP contribution is 2.34. The van der Waals surface area contributed by atoms with E-state index in [0.29, 0.717) is 0 Å². The molecule has 0 radical (unpaired) electrons. The predicted molar refractivity (Wildman–Crippen MR) is 59.6 cm³/mol. The van der Waals surface area contributed by atoms with E-state index < -0.39 is 0 Å². The van der Waals surface area contributed by atoms with E-state index in [4.69, 9.17) is 4.74 Å². The summed E-state index contributed by atoms with van der Waals surface area (Å²) in [4.78, 5) is 0. The van der Waals surface area contributed by atoms with E-state index >= 15 is 0 Å². The summed E-state index contributed by atoms with van der Waals surface area (Å²) in [6.07, 6.45) is 2.55. The molecule has 0 aromatic heterocycles. The standard InChI is InChI=1S/C13H18O2/c1-2-6-12-11(14)9-13(15-12)10-7-4-3-5-8-10/h3-5,7-8,11-14H,2,6,9H2,1H3/t11-,12-,13-/m1/s1. The zero-order valence-electron chi connectivity index (χ0n) is 9.10. The molecule has 2 rings (SSSR count). The Morgan fingerprint density at radius 2 is 2.07 bits per heavy atom. The minimum Gasteiger partial charge on any atom is -0.390 e. The fraction of sp³-hybridized carbons (Fsp3) is 0.538. The second kappa shape index (κ2) is 4.77. The van der Waals surface area contributed by atoms with Crippen LogP contribution >= 0.6 is 0 Å². The molecule has 0 amide bonds. The summed E-state index contributed by atoms with van der Waals surface area (Å²) in [7, 11) is 0. The van der Waals surface area contributed by atoms with E-state index in [-0.39, 0.29) is 18.3 Å². The van der Waals surface area contributed by atoms with E-state index in [2.05, 4.69) is 19.1 Å². The van der Waals surface area contributed by atoms with Crippen molar-refractivity contribution in [3.63, 3.8) is 0 Å². The lowest BCUT2D eigenvalue weighted by molar-refractivity contribution is 0.00449. The van der Waals surface area contributed by atoms with Crippen LogP contribution in [-0.4, -0.2) is 17.3 Å². The molecule has 0 spiro atoms. The molecule has 0 unspecified atom stereocenters. The molecule has 1 saturated heterocycles. The van der Waals surface area contributed by atoms with Crippen LogP contribution in [0.5, 0.6) is 0 Å². The van der Waals surface area contributed by atoms with Crippen LogP contribution in [0.1, 0.15) is 37.9 Å². The zero-order chi connectivity index (χ0) is 10.7. The number of hydrogen-bond acceptors (Lipinski definition) is 2. The first kappa shape index (κ1) is 10.7. The minimum absolute atomic E-state index is 0.0280. The average molecular weight is 206 g/mol. The molecular weight excluding hydrogens is 188 g/mol. The van der Waals surface area contributed by atoms with Gasteiger partial charge in [0.05, 0.1) is 18.3 Å². The fourth-order valence-electron chi connectivity index (χ4n) is 2.16. The van der Waals surface area contributed by atoms with Crippen molar-refractivity contribution >= 4 is 0 Å². The van der Waals surface area contributed by atoms with E-state index in [1.807, 2.05) is 18.2 Å². The van der Waals surface area contributed by atoms with Crippen LogP contribution in [0.4, 0.5) is 0 Å². The lowest BCUT2D eigenvalue weighted by atomic mass is 10.0. The van der Waals surface area contributed by atoms with Gasteiger partial charge in [0, 0.05) is 6.42 Å². The highest BCUT2D eigenvalue weighted by atomic mass is 16.5. The molecule has 3 atom stereocenters. The fourth-order valence-corrected chi connectivity index (χ4v) is 2.16. The van der Waals surface area contributed by atoms with Gasteiger partial charge < -0.3 is 9.84 Å². The molecule has 1 aromatic carbocycles. The Labute approximate surface area is 90.9 Å². The lowest BCUT2D eigenvalue weighted by Gasteiger charge is -2.13. The molecule has 1 fully saturated rings. The number of hydrogen-bond donors (Lipinski definition) is 1. The molecule has 1 aliphatic rings. The van der Waals surface area contributed by atoms with Crippen molar-refractivity contribution in [2.24, 2.45) is 0 Å². The van der Waals surface area contributed by atoms with Crippen molar-refractivity contribution in [2.45, 2.75) is 44.5 Å². The van der Waals surface area contributed by atoms with Gasteiger partial charge in [0.25, 0.3) is 0 Å². The summed E-state index contributed by atoms with van der Waals surface area (Å²) in [5.74, 6) is 0. The van der Waals surface area contributed by atoms with Gasteiger partial charge in [-0.15, -0.1) is 0 Å². The van der Waals surface area contributed by atoms with Gasteiger partial charge in [-0.3, -0.25) is 0 Å². The van der Waals surface area contributed by atoms with Crippen LogP contribution in [0, 0.1) is 0 Å². The molecule has 0 saturated carbocycles. The third-order valence-electron chi connectivity index (χ3n) is 2.97. The monoisotopic (exact) mass is 206 g/mol. The lowest BCUT2D eigenvalue weighted by Crippen LogP contribution is -2.19. The third kappa shape index (κ3) is 2.39. The number of rotatable bonds is 3. The van der Waals surface area contributed by atoms with Gasteiger partial charge in [-0.1, -0.05) is 43.7 Å². The van der Waals surface area contributed by atoms with Gasteiger partial charge in [-0.05, 0) is 12.0 Å². The van der Waals surface area contributed by atoms with Crippen molar-refractivity contribution in [3.8, 4) is 0 Å². The van der Waals surface area contributed by atoms with Gasteiger partial charge in [-0.2, -0.15) is 0 Å². The molecule has 15 heavy (non-hydrogen) atoms. The number of aliphatic hydroxyl groups is 1. The Morgan fingerprint density at radius 1 is 1.33 bits per heavy atom. The molecule has 1 N–H and O–H groups in total. The Balaban J connectivity index is 2.03. The predicted octanol–water partition coefficient (Wildman–Crippen LogP) is 2.68. The van der Waals surface area contributed by atoms with Crippen LogP contribution in [0.15, 0.2) is 30.3 Å². The number of ether oxygens (including phenoxy) is 1. The topological polar surface area (TPSA) is 29.5 Å². The normalized spacial score (nSPS) is 30.7. The zero-order valence-corrected chi connectivity index (χ0v) is 9.10. The molecule has 82 valence electrons. The molecule has 1 aromatic rings. The molecule has 0 bridgehead atoms. The van der Waals surface area contributed by atoms with E-state index in [0.717, 1.165) is 19.3 Å². The first-order valence-electron chi connectivity index (χ1n) is 5.69. The van der Waals surface area contributed by atoms with Crippen LogP contribution < -0.4 is 0 Å². The average Bonchev–Trinajstić information content (AvgIpc) is 2.63. The second-order valence-corrected chi connectivity index (χ2v) is 4.17. The summed E-state index contributed by atoms with van der Waals surface area (Å²) in [5, 5.41) is 9.83. The Kier molecular flexibility index (Phi) is 3.39. The summed E-state index contributed by atoms with van der Waals surface area (Å²) >= 11 is 0. The maximum absolute atomic E-state index is 9.83. The largest absolute Gasteiger partial charge is 0.390 e. The van der Waals surface area contributed by atoms with Gasteiger partial charge in [-0.25, -0.2) is 0 Å². The Morgan fingerprint density at radius 3 is 2.73 bits per heavy atom. The van der Waals surface area contributed by atoms with Crippen molar-refractivity contribution in [3.05, 3.63) is 35.9 Å². The molecule has 2 heteroatoms. The van der Waals surface area contributed by atoms with E-state index in [1.165, 1.54) is 5.56 Å². The summed E-state index contributed by atoms with van der Waals surface area (Å²) < 4.78 is 5.85. The van der Waals surface area contributed by atoms with Gasteiger partial charge >= 0.3 is 0 Å². The van der Waals surface area contributed by atoms with Crippen molar-refractivity contribution in [1.82, 2.24) is 0 Å². The third-order valence-corrected chi connectivity index (χ3v) is 2.97. The van der Waals surface area contributed by atoms with Gasteiger partial charge in [0.2, 0.25) is 0 Å². The molecular formula is C13H18O2. The maximum atomic E-state index is 9.83. The molecule has 2 nitrogen and oxygen atoms in total. The molecule has 1 aliphatic heterocycles. The summed E-state index contributed by atoms with van der Waals surface area (Å²) in [6.45, 7) is 2.12. The van der Waals surface area contributed by atoms with E-state index in [1.54, 1.807) is 0 Å². The van der Waals surface area contributed by atoms with Gasteiger partial charge in [0.15, 0.2) is 0 Å². The van der Waals surface area contributed by atoms with Crippen molar-refractivity contribution in [2.75, 3.05) is 0 Å².